The first-order chi connectivity index (χ1) is 7.49. The normalized spacial score (nSPS) is 12.7. The van der Waals surface area contributed by atoms with Crippen LogP contribution in [0.4, 0.5) is 0 Å². The van der Waals surface area contributed by atoms with Crippen LogP contribution in [-0.2, 0) is 11.2 Å². The molecule has 0 aliphatic heterocycles. The Hall–Kier alpha value is -1.51. The average molecular weight is 222 g/mol. The molecule has 0 saturated carbocycles. The van der Waals surface area contributed by atoms with Gasteiger partial charge < -0.3 is 10.2 Å². The SMILES string of the molecule is CC(C)CC(Cc1ccc(O)cc1)C(=O)O. The van der Waals surface area contributed by atoms with Crippen LogP contribution in [0, 0.1) is 11.8 Å². The van der Waals surface area contributed by atoms with Crippen LogP contribution < -0.4 is 0 Å². The average Bonchev–Trinajstić information content (AvgIpc) is 2.19. The predicted octanol–water partition coefficient (Wildman–Crippen LogP) is 2.68. The van der Waals surface area contributed by atoms with Gasteiger partial charge in [-0.1, -0.05) is 26.0 Å². The van der Waals surface area contributed by atoms with Gasteiger partial charge in [-0.05, 0) is 36.5 Å². The highest BCUT2D eigenvalue weighted by Crippen LogP contribution is 2.19. The van der Waals surface area contributed by atoms with Gasteiger partial charge in [-0.15, -0.1) is 0 Å². The van der Waals surface area contributed by atoms with Crippen molar-refractivity contribution in [3.05, 3.63) is 29.8 Å². The number of phenols is 1. The number of benzene rings is 1. The fraction of sp³-hybridized carbons (Fsp3) is 0.462. The highest BCUT2D eigenvalue weighted by molar-refractivity contribution is 5.70. The van der Waals surface area contributed by atoms with Gasteiger partial charge in [0.15, 0.2) is 0 Å². The Morgan fingerprint density at radius 3 is 2.25 bits per heavy atom. The Labute approximate surface area is 95.7 Å². The zero-order valence-corrected chi connectivity index (χ0v) is 9.68. The van der Waals surface area contributed by atoms with E-state index in [1.807, 2.05) is 13.8 Å². The molecule has 1 rings (SSSR count). The van der Waals surface area contributed by atoms with Crippen LogP contribution in [-0.4, -0.2) is 16.2 Å². The molecule has 0 aliphatic rings. The van der Waals surface area contributed by atoms with Crippen molar-refractivity contribution < 1.29 is 15.0 Å². The molecular weight excluding hydrogens is 204 g/mol. The molecule has 1 unspecified atom stereocenters. The quantitative estimate of drug-likeness (QED) is 0.805. The van der Waals surface area contributed by atoms with Crippen LogP contribution in [0.1, 0.15) is 25.8 Å². The van der Waals surface area contributed by atoms with Crippen molar-refractivity contribution in [3.8, 4) is 5.75 Å². The van der Waals surface area contributed by atoms with Crippen molar-refractivity contribution in [1.29, 1.82) is 0 Å². The first-order valence-electron chi connectivity index (χ1n) is 5.49. The maximum absolute atomic E-state index is 11.1. The summed E-state index contributed by atoms with van der Waals surface area (Å²) < 4.78 is 0. The lowest BCUT2D eigenvalue weighted by Gasteiger charge is -2.14. The summed E-state index contributed by atoms with van der Waals surface area (Å²) in [6.07, 6.45) is 1.20. The fourth-order valence-electron chi connectivity index (χ4n) is 1.76. The van der Waals surface area contributed by atoms with Gasteiger partial charge in [0.2, 0.25) is 0 Å². The first-order valence-corrected chi connectivity index (χ1v) is 5.49. The molecule has 88 valence electrons. The second-order valence-corrected chi connectivity index (χ2v) is 4.54. The molecule has 1 aromatic carbocycles. The molecule has 0 aromatic heterocycles. The summed E-state index contributed by atoms with van der Waals surface area (Å²) in [5.41, 5.74) is 0.950. The van der Waals surface area contributed by atoms with Gasteiger partial charge in [0.1, 0.15) is 5.75 Å². The van der Waals surface area contributed by atoms with Gasteiger partial charge in [-0.25, -0.2) is 0 Å². The number of carbonyl (C=O) groups is 1. The molecular formula is C13H18O3. The van der Waals surface area contributed by atoms with E-state index in [-0.39, 0.29) is 11.7 Å². The standard InChI is InChI=1S/C13H18O3/c1-9(2)7-11(13(15)16)8-10-3-5-12(14)6-4-10/h3-6,9,11,14H,7-8H2,1-2H3,(H,15,16). The van der Waals surface area contributed by atoms with Crippen molar-refractivity contribution in [3.63, 3.8) is 0 Å². The number of phenolic OH excluding ortho intramolecular Hbond substituents is 1. The first kappa shape index (κ1) is 12.6. The van der Waals surface area contributed by atoms with Crippen molar-refractivity contribution >= 4 is 5.97 Å². The topological polar surface area (TPSA) is 57.5 Å². The van der Waals surface area contributed by atoms with Crippen LogP contribution >= 0.6 is 0 Å². The predicted molar refractivity (Wildman–Crippen MR) is 62.4 cm³/mol. The summed E-state index contributed by atoms with van der Waals surface area (Å²) in [6.45, 7) is 4.04. The molecule has 0 amide bonds. The molecule has 0 bridgehead atoms. The molecule has 3 nitrogen and oxygen atoms in total. The third-order valence-electron chi connectivity index (χ3n) is 2.52. The van der Waals surface area contributed by atoms with Crippen molar-refractivity contribution in [2.75, 3.05) is 0 Å². The van der Waals surface area contributed by atoms with Gasteiger partial charge in [-0.3, -0.25) is 4.79 Å². The van der Waals surface area contributed by atoms with Crippen LogP contribution in [0.2, 0.25) is 0 Å². The van der Waals surface area contributed by atoms with E-state index in [0.29, 0.717) is 18.8 Å². The van der Waals surface area contributed by atoms with E-state index in [9.17, 15) is 4.79 Å². The number of aromatic hydroxyl groups is 1. The van der Waals surface area contributed by atoms with Crippen LogP contribution in [0.25, 0.3) is 0 Å². The summed E-state index contributed by atoms with van der Waals surface area (Å²) in [6, 6.07) is 6.71. The largest absolute Gasteiger partial charge is 0.508 e. The van der Waals surface area contributed by atoms with E-state index in [2.05, 4.69) is 0 Å². The molecule has 0 saturated heterocycles. The Morgan fingerprint density at radius 1 is 1.25 bits per heavy atom. The second-order valence-electron chi connectivity index (χ2n) is 4.54. The molecule has 1 aromatic rings. The zero-order valence-electron chi connectivity index (χ0n) is 9.68. The summed E-state index contributed by atoms with van der Waals surface area (Å²) in [4.78, 5) is 11.1. The van der Waals surface area contributed by atoms with Gasteiger partial charge in [0.05, 0.1) is 5.92 Å². The van der Waals surface area contributed by atoms with Gasteiger partial charge >= 0.3 is 5.97 Å². The molecule has 0 spiro atoms. The highest BCUT2D eigenvalue weighted by Gasteiger charge is 2.19. The van der Waals surface area contributed by atoms with E-state index >= 15 is 0 Å². The number of rotatable bonds is 5. The number of hydrogen-bond acceptors (Lipinski definition) is 2. The van der Waals surface area contributed by atoms with E-state index in [1.54, 1.807) is 24.3 Å². The minimum atomic E-state index is -0.748. The lowest BCUT2D eigenvalue weighted by molar-refractivity contribution is -0.142. The van der Waals surface area contributed by atoms with Crippen molar-refractivity contribution in [2.45, 2.75) is 26.7 Å². The minimum absolute atomic E-state index is 0.208. The maximum Gasteiger partial charge on any atom is 0.306 e. The Balaban J connectivity index is 2.68. The second kappa shape index (κ2) is 5.54. The summed E-state index contributed by atoms with van der Waals surface area (Å²) in [5.74, 6) is -0.510. The van der Waals surface area contributed by atoms with E-state index in [4.69, 9.17) is 10.2 Å². The summed E-state index contributed by atoms with van der Waals surface area (Å²) in [7, 11) is 0. The minimum Gasteiger partial charge on any atom is -0.508 e. The molecule has 0 aliphatic carbocycles. The third kappa shape index (κ3) is 3.93. The fourth-order valence-corrected chi connectivity index (χ4v) is 1.76. The van der Waals surface area contributed by atoms with E-state index in [0.717, 1.165) is 5.56 Å². The van der Waals surface area contributed by atoms with E-state index < -0.39 is 5.97 Å². The maximum atomic E-state index is 11.1. The molecule has 16 heavy (non-hydrogen) atoms. The highest BCUT2D eigenvalue weighted by atomic mass is 16.4. The van der Waals surface area contributed by atoms with Crippen LogP contribution in [0.3, 0.4) is 0 Å². The van der Waals surface area contributed by atoms with Crippen LogP contribution in [0.5, 0.6) is 5.75 Å². The molecule has 3 heteroatoms. The Morgan fingerprint density at radius 2 is 1.81 bits per heavy atom. The number of carboxylic acid groups (broad SMARTS) is 1. The Kier molecular flexibility index (Phi) is 4.35. The third-order valence-corrected chi connectivity index (χ3v) is 2.52. The van der Waals surface area contributed by atoms with E-state index in [1.165, 1.54) is 0 Å². The summed E-state index contributed by atoms with van der Waals surface area (Å²) >= 11 is 0. The molecule has 1 atom stereocenters. The van der Waals surface area contributed by atoms with Crippen molar-refractivity contribution in [2.24, 2.45) is 11.8 Å². The zero-order chi connectivity index (χ0) is 12.1. The molecule has 0 fully saturated rings. The smallest absolute Gasteiger partial charge is 0.306 e. The lowest BCUT2D eigenvalue weighted by Crippen LogP contribution is -2.18. The van der Waals surface area contributed by atoms with Crippen molar-refractivity contribution in [1.82, 2.24) is 0 Å². The Bertz CT molecular complexity index is 341. The van der Waals surface area contributed by atoms with Crippen LogP contribution in [0.15, 0.2) is 24.3 Å². The monoisotopic (exact) mass is 222 g/mol. The summed E-state index contributed by atoms with van der Waals surface area (Å²) in [5, 5.41) is 18.2. The molecule has 0 radical (unpaired) electrons. The van der Waals surface area contributed by atoms with Gasteiger partial charge in [0.25, 0.3) is 0 Å². The number of aliphatic carboxylic acids is 1. The molecule has 2 N–H and O–H groups in total. The number of hydrogen-bond donors (Lipinski definition) is 2. The molecule has 0 heterocycles. The van der Waals surface area contributed by atoms with Gasteiger partial charge in [-0.2, -0.15) is 0 Å². The lowest BCUT2D eigenvalue weighted by atomic mass is 9.91. The number of carboxylic acids is 1. The van der Waals surface area contributed by atoms with Gasteiger partial charge in [0, 0.05) is 0 Å².